The third-order valence-electron chi connectivity index (χ3n) is 4.45. The highest BCUT2D eigenvalue weighted by Gasteiger charge is 2.23. The molecule has 0 aromatic carbocycles. The van der Waals surface area contributed by atoms with Gasteiger partial charge in [0.25, 0.3) is 5.91 Å². The summed E-state index contributed by atoms with van der Waals surface area (Å²) in [6.45, 7) is 3.76. The van der Waals surface area contributed by atoms with Crippen LogP contribution in [0.2, 0.25) is 0 Å². The fraction of sp³-hybridized carbons (Fsp3) is 0.421. The molecule has 28 heavy (non-hydrogen) atoms. The Kier molecular flexibility index (Phi) is 7.18. The first-order valence-electron chi connectivity index (χ1n) is 9.18. The Morgan fingerprint density at radius 1 is 1.18 bits per heavy atom. The van der Waals surface area contributed by atoms with Crippen molar-refractivity contribution in [1.82, 2.24) is 10.2 Å². The normalized spacial score (nSPS) is 15.2. The van der Waals surface area contributed by atoms with Crippen molar-refractivity contribution in [2.75, 3.05) is 31.6 Å². The maximum absolute atomic E-state index is 12.4. The molecular formula is C19H23N3O4S2. The van der Waals surface area contributed by atoms with E-state index < -0.39 is 5.97 Å². The number of nitrogens with one attached hydrogen (secondary N) is 2. The predicted molar refractivity (Wildman–Crippen MR) is 110 cm³/mol. The number of rotatable bonds is 7. The van der Waals surface area contributed by atoms with Crippen molar-refractivity contribution in [2.24, 2.45) is 0 Å². The molecule has 1 fully saturated rings. The zero-order valence-corrected chi connectivity index (χ0v) is 17.2. The first-order chi connectivity index (χ1) is 13.6. The number of amides is 2. The number of piperidine rings is 1. The number of anilines is 1. The topological polar surface area (TPSA) is 87.7 Å². The van der Waals surface area contributed by atoms with Gasteiger partial charge in [0.15, 0.2) is 0 Å². The Hall–Kier alpha value is -2.23. The quantitative estimate of drug-likeness (QED) is 0.671. The van der Waals surface area contributed by atoms with Gasteiger partial charge in [-0.2, -0.15) is 0 Å². The van der Waals surface area contributed by atoms with Gasteiger partial charge in [-0.3, -0.25) is 14.5 Å². The molecule has 0 bridgehead atoms. The molecule has 150 valence electrons. The molecule has 7 nitrogen and oxygen atoms in total. The molecule has 2 amide bonds. The lowest BCUT2D eigenvalue weighted by Gasteiger charge is -2.31. The molecule has 0 aliphatic carbocycles. The smallest absolute Gasteiger partial charge is 0.341 e. The molecule has 3 rings (SSSR count). The summed E-state index contributed by atoms with van der Waals surface area (Å²) in [4.78, 5) is 39.2. The van der Waals surface area contributed by atoms with E-state index in [0.29, 0.717) is 17.2 Å². The van der Waals surface area contributed by atoms with Crippen LogP contribution in [-0.2, 0) is 9.53 Å². The van der Waals surface area contributed by atoms with Gasteiger partial charge >= 0.3 is 5.97 Å². The molecule has 2 aromatic rings. The Morgan fingerprint density at radius 3 is 2.64 bits per heavy atom. The molecule has 2 N–H and O–H groups in total. The Bertz CT molecular complexity index is 811. The van der Waals surface area contributed by atoms with E-state index in [2.05, 4.69) is 15.5 Å². The number of hydrogen-bond acceptors (Lipinski definition) is 7. The zero-order valence-electron chi connectivity index (χ0n) is 15.6. The third-order valence-corrected chi connectivity index (χ3v) is 6.15. The summed E-state index contributed by atoms with van der Waals surface area (Å²) in [5.74, 6) is -0.620. The van der Waals surface area contributed by atoms with Gasteiger partial charge in [-0.1, -0.05) is 6.07 Å². The second-order valence-electron chi connectivity index (χ2n) is 6.43. The van der Waals surface area contributed by atoms with Crippen molar-refractivity contribution in [3.63, 3.8) is 0 Å². The van der Waals surface area contributed by atoms with Gasteiger partial charge in [0.2, 0.25) is 5.91 Å². The summed E-state index contributed by atoms with van der Waals surface area (Å²) < 4.78 is 5.00. The Morgan fingerprint density at radius 2 is 1.96 bits per heavy atom. The van der Waals surface area contributed by atoms with Gasteiger partial charge in [0.1, 0.15) is 5.00 Å². The molecule has 9 heteroatoms. The summed E-state index contributed by atoms with van der Waals surface area (Å²) in [5, 5.41) is 10.0. The highest BCUT2D eigenvalue weighted by Crippen LogP contribution is 2.24. The number of esters is 1. The third kappa shape index (κ3) is 5.40. The average molecular weight is 422 g/mol. The van der Waals surface area contributed by atoms with Crippen LogP contribution in [0.4, 0.5) is 5.00 Å². The molecule has 0 unspecified atom stereocenters. The van der Waals surface area contributed by atoms with Gasteiger partial charge in [-0.25, -0.2) is 4.79 Å². The maximum atomic E-state index is 12.4. The van der Waals surface area contributed by atoms with Gasteiger partial charge < -0.3 is 15.4 Å². The van der Waals surface area contributed by atoms with E-state index in [-0.39, 0.29) is 24.4 Å². The minimum Gasteiger partial charge on any atom is -0.462 e. The molecule has 1 aliphatic rings. The largest absolute Gasteiger partial charge is 0.462 e. The van der Waals surface area contributed by atoms with Crippen molar-refractivity contribution in [3.8, 4) is 0 Å². The second-order valence-corrected chi connectivity index (χ2v) is 8.30. The van der Waals surface area contributed by atoms with Crippen molar-refractivity contribution < 1.29 is 19.1 Å². The molecule has 3 heterocycles. The van der Waals surface area contributed by atoms with Crippen molar-refractivity contribution >= 4 is 45.5 Å². The molecule has 1 aliphatic heterocycles. The summed E-state index contributed by atoms with van der Waals surface area (Å²) in [7, 11) is 0. The number of thiophene rings is 2. The standard InChI is InChI=1S/C19H23N3O4S2/c1-2-26-19(25)14-7-11-28-18(14)21-16(23)12-22-8-5-13(6-9-22)20-17(24)15-4-3-10-27-15/h3-4,7,10-11,13H,2,5-6,8-9,12H2,1H3,(H,20,24)(H,21,23). The fourth-order valence-electron chi connectivity index (χ4n) is 3.04. The minimum absolute atomic E-state index is 0.0321. The number of nitrogens with zero attached hydrogens (tertiary/aromatic N) is 1. The number of ether oxygens (including phenoxy) is 1. The number of likely N-dealkylation sites (tertiary alicyclic amines) is 1. The van der Waals surface area contributed by atoms with E-state index >= 15 is 0 Å². The van der Waals surface area contributed by atoms with E-state index in [1.54, 1.807) is 18.4 Å². The van der Waals surface area contributed by atoms with E-state index in [9.17, 15) is 14.4 Å². The van der Waals surface area contributed by atoms with Crippen LogP contribution in [0.3, 0.4) is 0 Å². The lowest BCUT2D eigenvalue weighted by molar-refractivity contribution is -0.117. The van der Waals surface area contributed by atoms with E-state index in [4.69, 9.17) is 4.74 Å². The molecule has 0 radical (unpaired) electrons. The van der Waals surface area contributed by atoms with E-state index in [1.165, 1.54) is 22.7 Å². The molecule has 0 saturated carbocycles. The summed E-state index contributed by atoms with van der Waals surface area (Å²) in [5.41, 5.74) is 0.384. The summed E-state index contributed by atoms with van der Waals surface area (Å²) in [6.07, 6.45) is 1.61. The van der Waals surface area contributed by atoms with Crippen LogP contribution in [0.25, 0.3) is 0 Å². The van der Waals surface area contributed by atoms with Gasteiger partial charge in [-0.05, 0) is 42.7 Å². The predicted octanol–water partition coefficient (Wildman–Crippen LogP) is 2.82. The monoisotopic (exact) mass is 421 g/mol. The fourth-order valence-corrected chi connectivity index (χ4v) is 4.46. The van der Waals surface area contributed by atoms with Crippen LogP contribution in [0.15, 0.2) is 29.0 Å². The molecule has 0 atom stereocenters. The minimum atomic E-state index is -0.429. The van der Waals surface area contributed by atoms with Gasteiger partial charge in [-0.15, -0.1) is 22.7 Å². The molecule has 2 aromatic heterocycles. The first-order valence-corrected chi connectivity index (χ1v) is 10.9. The van der Waals surface area contributed by atoms with E-state index in [1.807, 2.05) is 17.5 Å². The highest BCUT2D eigenvalue weighted by atomic mass is 32.1. The lowest BCUT2D eigenvalue weighted by Crippen LogP contribution is -2.46. The van der Waals surface area contributed by atoms with Crippen molar-refractivity contribution in [3.05, 3.63) is 39.4 Å². The Labute approximate surface area is 171 Å². The zero-order chi connectivity index (χ0) is 19.9. The summed E-state index contributed by atoms with van der Waals surface area (Å²) >= 11 is 2.73. The van der Waals surface area contributed by atoms with Crippen LogP contribution in [0, 0.1) is 0 Å². The number of carbonyl (C=O) groups is 3. The second kappa shape index (κ2) is 9.81. The van der Waals surface area contributed by atoms with Crippen LogP contribution >= 0.6 is 22.7 Å². The van der Waals surface area contributed by atoms with Crippen LogP contribution < -0.4 is 10.6 Å². The highest BCUT2D eigenvalue weighted by molar-refractivity contribution is 7.14. The molecule has 0 spiro atoms. The summed E-state index contributed by atoms with van der Waals surface area (Å²) in [6, 6.07) is 5.46. The first kappa shape index (κ1) is 20.5. The molecular weight excluding hydrogens is 398 g/mol. The van der Waals surface area contributed by atoms with Gasteiger partial charge in [0.05, 0.1) is 23.6 Å². The lowest BCUT2D eigenvalue weighted by atomic mass is 10.0. The van der Waals surface area contributed by atoms with Crippen LogP contribution in [-0.4, -0.2) is 55.0 Å². The number of carbonyl (C=O) groups excluding carboxylic acids is 3. The van der Waals surface area contributed by atoms with Crippen LogP contribution in [0.1, 0.15) is 39.8 Å². The number of hydrogen-bond donors (Lipinski definition) is 2. The molecule has 1 saturated heterocycles. The maximum Gasteiger partial charge on any atom is 0.341 e. The van der Waals surface area contributed by atoms with Gasteiger partial charge in [0, 0.05) is 19.1 Å². The van der Waals surface area contributed by atoms with Crippen molar-refractivity contribution in [2.45, 2.75) is 25.8 Å². The SMILES string of the molecule is CCOC(=O)c1ccsc1NC(=O)CN1CCC(NC(=O)c2cccs2)CC1. The Balaban J connectivity index is 1.43. The van der Waals surface area contributed by atoms with Crippen molar-refractivity contribution in [1.29, 1.82) is 0 Å². The average Bonchev–Trinajstić information content (AvgIpc) is 3.35. The van der Waals surface area contributed by atoms with E-state index in [0.717, 1.165) is 30.8 Å². The van der Waals surface area contributed by atoms with Crippen LogP contribution in [0.5, 0.6) is 0 Å².